The molecule has 0 saturated heterocycles. The molecule has 1 aliphatic carbocycles. The maximum atomic E-state index is 13.3. The van der Waals surface area contributed by atoms with Gasteiger partial charge in [-0.05, 0) is 49.4 Å². The Hall–Kier alpha value is -4.53. The Kier molecular flexibility index (Phi) is 35.8. The molecule has 1 atom stereocenters. The van der Waals surface area contributed by atoms with E-state index >= 15 is 0 Å². The number of rotatable bonds is 43. The molecule has 0 aromatic heterocycles. The van der Waals surface area contributed by atoms with Gasteiger partial charge in [0.1, 0.15) is 6.10 Å². The number of fused-ring (bicyclic) bond motifs is 2. The summed E-state index contributed by atoms with van der Waals surface area (Å²) in [4.78, 5) is 39.4. The molecule has 0 bridgehead atoms. The smallest absolute Gasteiger partial charge is 0.407 e. The third-order valence-corrected chi connectivity index (χ3v) is 10.9. The maximum Gasteiger partial charge on any atom is 0.407 e. The number of hydrogen-bond donors (Lipinski definition) is 2. The summed E-state index contributed by atoms with van der Waals surface area (Å²) < 4.78 is 71.7. The first-order chi connectivity index (χ1) is 36.1. The lowest BCUT2D eigenvalue weighted by Gasteiger charge is -2.26. The standard InChI is InChI=1S/C54H81N3O16/c58-52(55-20-18-53(59)57-46-49-12-7-6-10-47(49)16-17-48-11-8-9-15-51(48)57)19-22-61-24-26-63-28-30-65-32-34-67-36-38-69-40-42-71-44-45-72-43-41-70-39-37-68-35-33-66-31-29-64-27-25-62-23-21-56-54(60)73-50-13-4-2-1-3-5-14-50/h2,4,6-12,15,50H,1,3,5,13-14,18-46H2,(H,55,58)(H,56,60)/b4-2+. The van der Waals surface area contributed by atoms with Crippen LogP contribution in [0.5, 0.6) is 0 Å². The van der Waals surface area contributed by atoms with Crippen molar-refractivity contribution in [2.24, 2.45) is 0 Å². The predicted octanol–water partition coefficient (Wildman–Crippen LogP) is 4.64. The number of alkyl carbamates (subject to hydrolysis) is 1. The van der Waals surface area contributed by atoms with Gasteiger partial charge in [0.05, 0.1) is 171 Å². The fourth-order valence-electron chi connectivity index (χ4n) is 7.07. The monoisotopic (exact) mass is 1030 g/mol. The Morgan fingerprint density at radius 2 is 0.932 bits per heavy atom. The number of para-hydroxylation sites is 1. The number of hydrogen-bond acceptors (Lipinski definition) is 16. The molecule has 2 aromatic rings. The van der Waals surface area contributed by atoms with E-state index in [-0.39, 0.29) is 43.9 Å². The molecule has 1 aliphatic heterocycles. The van der Waals surface area contributed by atoms with Crippen LogP contribution in [-0.2, 0) is 77.7 Å². The van der Waals surface area contributed by atoms with Crippen LogP contribution in [0.25, 0.3) is 0 Å². The normalized spacial score (nSPS) is 14.6. The molecule has 19 heteroatoms. The molecule has 0 saturated carbocycles. The van der Waals surface area contributed by atoms with Gasteiger partial charge in [0.2, 0.25) is 11.8 Å². The van der Waals surface area contributed by atoms with Crippen molar-refractivity contribution in [3.63, 3.8) is 0 Å². The van der Waals surface area contributed by atoms with Crippen LogP contribution in [0.15, 0.2) is 60.7 Å². The van der Waals surface area contributed by atoms with E-state index in [1.807, 2.05) is 48.5 Å². The van der Waals surface area contributed by atoms with Crippen LogP contribution in [-0.4, -0.2) is 196 Å². The van der Waals surface area contributed by atoms with Gasteiger partial charge in [0.15, 0.2) is 0 Å². The van der Waals surface area contributed by atoms with Crippen molar-refractivity contribution < 1.29 is 76.0 Å². The zero-order valence-electron chi connectivity index (χ0n) is 42.9. The fourth-order valence-corrected chi connectivity index (χ4v) is 7.07. The second-order valence-electron chi connectivity index (χ2n) is 16.5. The van der Waals surface area contributed by atoms with E-state index in [1.54, 1.807) is 4.90 Å². The molecule has 408 valence electrons. The molecule has 0 spiro atoms. The highest BCUT2D eigenvalue weighted by Crippen LogP contribution is 2.26. The van der Waals surface area contributed by atoms with E-state index < -0.39 is 6.09 Å². The highest BCUT2D eigenvalue weighted by Gasteiger charge is 2.21. The van der Waals surface area contributed by atoms with Crippen LogP contribution >= 0.6 is 0 Å². The largest absolute Gasteiger partial charge is 0.446 e. The molecular formula is C54H81N3O16. The van der Waals surface area contributed by atoms with Gasteiger partial charge < -0.3 is 77.1 Å². The predicted molar refractivity (Wildman–Crippen MR) is 273 cm³/mol. The first-order valence-electron chi connectivity index (χ1n) is 25.9. The van der Waals surface area contributed by atoms with Crippen molar-refractivity contribution in [2.75, 3.05) is 177 Å². The zero-order valence-corrected chi connectivity index (χ0v) is 42.9. The third-order valence-electron chi connectivity index (χ3n) is 10.9. The molecule has 19 nitrogen and oxygen atoms in total. The molecule has 2 aromatic carbocycles. The molecule has 73 heavy (non-hydrogen) atoms. The molecule has 4 rings (SSSR count). The highest BCUT2D eigenvalue weighted by atomic mass is 16.6. The summed E-state index contributed by atoms with van der Waals surface area (Å²) >= 11 is 0. The number of benzene rings is 2. The maximum absolute atomic E-state index is 13.3. The SMILES string of the molecule is O=C(CCOCCOCCOCCOCCOCCOCCOCCOCCOCCOCCOCCOCCNC(=O)OC1C/C=C/CCCC1)NCCC(=O)N1Cc2ccccc2C#Cc2ccccc21. The van der Waals surface area contributed by atoms with E-state index in [0.29, 0.717) is 165 Å². The van der Waals surface area contributed by atoms with Gasteiger partial charge in [-0.2, -0.15) is 0 Å². The number of anilines is 1. The fraction of sp³-hybridized carbons (Fsp3) is 0.648. The summed E-state index contributed by atoms with van der Waals surface area (Å²) in [5.41, 5.74) is 3.45. The summed E-state index contributed by atoms with van der Waals surface area (Å²) in [5.74, 6) is 6.16. The molecular weight excluding hydrogens is 947 g/mol. The second-order valence-corrected chi connectivity index (χ2v) is 16.5. The number of allylic oxidation sites excluding steroid dienone is 1. The summed E-state index contributed by atoms with van der Waals surface area (Å²) in [6.45, 7) is 11.7. The lowest BCUT2D eigenvalue weighted by atomic mass is 10.0. The van der Waals surface area contributed by atoms with Crippen LogP contribution in [0.1, 0.15) is 61.6 Å². The molecule has 2 aliphatic rings. The van der Waals surface area contributed by atoms with E-state index in [4.69, 9.17) is 61.6 Å². The molecule has 0 fully saturated rings. The van der Waals surface area contributed by atoms with Gasteiger partial charge in [-0.15, -0.1) is 0 Å². The van der Waals surface area contributed by atoms with Crippen LogP contribution in [0.2, 0.25) is 0 Å². The molecule has 1 heterocycles. The summed E-state index contributed by atoms with van der Waals surface area (Å²) in [6.07, 6.45) is 9.15. The van der Waals surface area contributed by atoms with E-state index in [2.05, 4.69) is 34.6 Å². The quantitative estimate of drug-likeness (QED) is 0.0529. The number of carbonyl (C=O) groups is 3. The van der Waals surface area contributed by atoms with Crippen molar-refractivity contribution in [2.45, 2.75) is 57.6 Å². The summed E-state index contributed by atoms with van der Waals surface area (Å²) in [5, 5.41) is 5.56. The van der Waals surface area contributed by atoms with E-state index in [0.717, 1.165) is 54.5 Å². The van der Waals surface area contributed by atoms with Crippen LogP contribution in [0.3, 0.4) is 0 Å². The van der Waals surface area contributed by atoms with Crippen molar-refractivity contribution in [3.05, 3.63) is 77.4 Å². The van der Waals surface area contributed by atoms with Gasteiger partial charge in [0.25, 0.3) is 0 Å². The zero-order chi connectivity index (χ0) is 51.3. The minimum absolute atomic E-state index is 0.0528. The van der Waals surface area contributed by atoms with Crippen LogP contribution in [0, 0.1) is 11.8 Å². The Morgan fingerprint density at radius 3 is 1.47 bits per heavy atom. The Balaban J connectivity index is 0.772. The first kappa shape index (κ1) is 61.0. The van der Waals surface area contributed by atoms with Crippen molar-refractivity contribution in [3.8, 4) is 11.8 Å². The molecule has 2 N–H and O–H groups in total. The van der Waals surface area contributed by atoms with Crippen molar-refractivity contribution in [1.29, 1.82) is 0 Å². The number of amides is 3. The minimum atomic E-state index is -0.393. The van der Waals surface area contributed by atoms with Gasteiger partial charge >= 0.3 is 6.09 Å². The van der Waals surface area contributed by atoms with Gasteiger partial charge in [-0.25, -0.2) is 4.79 Å². The second kappa shape index (κ2) is 42.8. The van der Waals surface area contributed by atoms with Crippen LogP contribution in [0.4, 0.5) is 10.5 Å². The Morgan fingerprint density at radius 1 is 0.479 bits per heavy atom. The number of ether oxygens (including phenoxy) is 13. The molecule has 1 unspecified atom stereocenters. The third kappa shape index (κ3) is 31.1. The number of nitrogens with zero attached hydrogens (tertiary/aromatic N) is 1. The highest BCUT2D eigenvalue weighted by molar-refractivity contribution is 5.95. The lowest BCUT2D eigenvalue weighted by Crippen LogP contribution is -2.35. The van der Waals surface area contributed by atoms with Gasteiger partial charge in [-0.1, -0.05) is 54.3 Å². The average molecular weight is 1030 g/mol. The first-order valence-corrected chi connectivity index (χ1v) is 25.9. The topological polar surface area (TPSA) is 199 Å². The number of nitrogens with one attached hydrogen (secondary N) is 2. The number of carbonyl (C=O) groups excluding carboxylic acids is 3. The summed E-state index contributed by atoms with van der Waals surface area (Å²) in [7, 11) is 0. The van der Waals surface area contributed by atoms with Crippen molar-refractivity contribution >= 4 is 23.6 Å². The minimum Gasteiger partial charge on any atom is -0.446 e. The van der Waals surface area contributed by atoms with Gasteiger partial charge in [0, 0.05) is 43.5 Å². The Bertz CT molecular complexity index is 1840. The van der Waals surface area contributed by atoms with E-state index in [1.165, 1.54) is 0 Å². The molecule has 3 amide bonds. The Labute approximate surface area is 432 Å². The summed E-state index contributed by atoms with van der Waals surface area (Å²) in [6, 6.07) is 15.5. The molecule has 0 radical (unpaired) electrons. The van der Waals surface area contributed by atoms with Crippen molar-refractivity contribution in [1.82, 2.24) is 10.6 Å². The van der Waals surface area contributed by atoms with E-state index in [9.17, 15) is 14.4 Å². The van der Waals surface area contributed by atoms with Crippen LogP contribution < -0.4 is 15.5 Å². The average Bonchev–Trinajstić information content (AvgIpc) is 3.38. The lowest BCUT2D eigenvalue weighted by molar-refractivity contribution is -0.122. The van der Waals surface area contributed by atoms with Gasteiger partial charge in [-0.3, -0.25) is 9.59 Å².